The fourth-order valence-electron chi connectivity index (χ4n) is 4.71. The first-order chi connectivity index (χ1) is 15.4. The Morgan fingerprint density at radius 2 is 0.909 bits per heavy atom. The molecule has 0 amide bonds. The third-order valence-electron chi connectivity index (χ3n) is 6.71. The Kier molecular flexibility index (Phi) is 8.32. The summed E-state index contributed by atoms with van der Waals surface area (Å²) < 4.78 is 16.2. The van der Waals surface area contributed by atoms with Crippen molar-refractivity contribution in [1.29, 1.82) is 0 Å². The third-order valence-corrected chi connectivity index (χ3v) is 6.71. The molecule has 0 spiro atoms. The second kappa shape index (κ2) is 10.2. The fraction of sp³-hybridized carbons (Fsp3) is 1.00. The summed E-state index contributed by atoms with van der Waals surface area (Å²) in [6.07, 6.45) is -26.5. The van der Waals surface area contributed by atoms with E-state index in [1.54, 1.807) is 0 Å². The molecule has 3 aliphatic heterocycles. The zero-order valence-corrected chi connectivity index (χ0v) is 17.3. The lowest BCUT2D eigenvalue weighted by molar-refractivity contribution is -0.370. The van der Waals surface area contributed by atoms with Crippen LogP contribution in [0.5, 0.6) is 0 Å². The van der Waals surface area contributed by atoms with E-state index in [1.165, 1.54) is 0 Å². The maximum absolute atomic E-state index is 11.6. The van der Waals surface area contributed by atoms with Gasteiger partial charge in [-0.3, -0.25) is 0 Å². The maximum atomic E-state index is 11.6. The van der Waals surface area contributed by atoms with Crippen molar-refractivity contribution in [2.24, 2.45) is 0 Å². The molecule has 15 atom stereocenters. The summed E-state index contributed by atoms with van der Waals surface area (Å²) in [6, 6.07) is 0. The molecule has 0 saturated carbocycles. The highest BCUT2D eigenvalue weighted by molar-refractivity contribution is 5.16. The van der Waals surface area contributed by atoms with Gasteiger partial charge >= 0.3 is 0 Å². The average Bonchev–Trinajstić information content (AvgIpc) is 2.80. The molecule has 3 rings (SSSR count). The van der Waals surface area contributed by atoms with Crippen LogP contribution in [0, 0.1) is 0 Å². The van der Waals surface area contributed by atoms with Gasteiger partial charge in [-0.05, 0) is 0 Å². The van der Waals surface area contributed by atoms with Crippen LogP contribution in [0.1, 0.15) is 0 Å². The molecule has 0 aliphatic carbocycles. The minimum Gasteiger partial charge on any atom is -0.394 e. The van der Waals surface area contributed by atoms with Crippen molar-refractivity contribution < 1.29 is 75.5 Å². The molecule has 0 aromatic carbocycles. The summed E-state index contributed by atoms with van der Waals surface area (Å²) in [4.78, 5) is 0. The van der Waals surface area contributed by atoms with Crippen LogP contribution in [0.2, 0.25) is 0 Å². The molecule has 33 heavy (non-hydrogen) atoms. The highest BCUT2D eigenvalue weighted by Gasteiger charge is 2.67. The summed E-state index contributed by atoms with van der Waals surface area (Å²) in [5, 5.41) is 123. The molecule has 0 radical (unpaired) electrons. The highest BCUT2D eigenvalue weighted by atomic mass is 16.6. The van der Waals surface area contributed by atoms with E-state index in [9.17, 15) is 61.3 Å². The molecule has 194 valence electrons. The van der Waals surface area contributed by atoms with Gasteiger partial charge in [0.15, 0.2) is 5.60 Å². The van der Waals surface area contributed by atoms with Crippen LogP contribution < -0.4 is 0 Å². The molecular formula is C18H32O15. The molecule has 3 aliphatic rings. The smallest absolute Gasteiger partial charge is 0.150 e. The lowest BCUT2D eigenvalue weighted by Crippen LogP contribution is -2.80. The Balaban J connectivity index is 2.07. The topological polar surface area (TPSA) is 270 Å². The Morgan fingerprint density at radius 3 is 1.42 bits per heavy atom. The van der Waals surface area contributed by atoms with Crippen molar-refractivity contribution in [2.45, 2.75) is 91.1 Å². The van der Waals surface area contributed by atoms with Gasteiger partial charge in [-0.2, -0.15) is 0 Å². The second-order valence-electron chi connectivity index (χ2n) is 8.64. The minimum atomic E-state index is -2.95. The third kappa shape index (κ3) is 4.31. The van der Waals surface area contributed by atoms with E-state index in [0.717, 1.165) is 0 Å². The summed E-state index contributed by atoms with van der Waals surface area (Å²) in [5.41, 5.74) is -2.95. The summed E-state index contributed by atoms with van der Waals surface area (Å²) in [6.45, 7) is -2.63. The van der Waals surface area contributed by atoms with Crippen LogP contribution in [-0.2, 0) is 14.2 Å². The molecule has 15 heteroatoms. The molecular weight excluding hydrogens is 456 g/mol. The van der Waals surface area contributed by atoms with E-state index in [-0.39, 0.29) is 0 Å². The molecule has 3 unspecified atom stereocenters. The van der Waals surface area contributed by atoms with Crippen molar-refractivity contribution in [1.82, 2.24) is 0 Å². The molecule has 3 fully saturated rings. The molecule has 12 N–H and O–H groups in total. The Morgan fingerprint density at radius 1 is 0.485 bits per heavy atom. The number of aliphatic hydroxyl groups excluding tert-OH is 11. The lowest BCUT2D eigenvalue weighted by Gasteiger charge is -2.57. The van der Waals surface area contributed by atoms with Gasteiger partial charge in [-0.1, -0.05) is 0 Å². The molecule has 3 saturated heterocycles. The quantitative estimate of drug-likeness (QED) is 0.171. The molecule has 3 heterocycles. The summed E-state index contributed by atoms with van der Waals surface area (Å²) in [5.74, 6) is 0. The maximum Gasteiger partial charge on any atom is 0.150 e. The van der Waals surface area contributed by atoms with Crippen LogP contribution in [0.3, 0.4) is 0 Å². The molecule has 0 aromatic rings. The first kappa shape index (κ1) is 27.0. The minimum absolute atomic E-state index is 0.846. The Hall–Kier alpha value is -0.600. The van der Waals surface area contributed by atoms with Crippen molar-refractivity contribution in [3.63, 3.8) is 0 Å². The largest absolute Gasteiger partial charge is 0.394 e. The summed E-state index contributed by atoms with van der Waals surface area (Å²) >= 11 is 0. The average molecular weight is 488 g/mol. The van der Waals surface area contributed by atoms with Gasteiger partial charge < -0.3 is 75.5 Å². The van der Waals surface area contributed by atoms with Crippen LogP contribution >= 0.6 is 0 Å². The number of hydrogen-bond acceptors (Lipinski definition) is 15. The predicted molar refractivity (Wildman–Crippen MR) is 100 cm³/mol. The van der Waals surface area contributed by atoms with Gasteiger partial charge in [0.2, 0.25) is 0 Å². The number of aliphatic hydroxyl groups is 12. The Bertz CT molecular complexity index is 650. The number of hydrogen-bond donors (Lipinski definition) is 12. The van der Waals surface area contributed by atoms with E-state index in [2.05, 4.69) is 0 Å². The van der Waals surface area contributed by atoms with Crippen LogP contribution in [-0.4, -0.2) is 172 Å². The molecule has 0 aromatic heterocycles. The van der Waals surface area contributed by atoms with E-state index in [0.29, 0.717) is 0 Å². The van der Waals surface area contributed by atoms with Gasteiger partial charge in [0.05, 0.1) is 19.8 Å². The molecule has 15 nitrogen and oxygen atoms in total. The zero-order valence-electron chi connectivity index (χ0n) is 17.3. The van der Waals surface area contributed by atoms with Crippen molar-refractivity contribution in [3.8, 4) is 0 Å². The Labute approximate surface area is 187 Å². The van der Waals surface area contributed by atoms with E-state index in [4.69, 9.17) is 14.2 Å². The number of rotatable bonds is 5. The van der Waals surface area contributed by atoms with Crippen LogP contribution in [0.4, 0.5) is 0 Å². The SMILES string of the molecule is OC[C@H]1OC(C2O[C@H](CO)[C@@H](O)[C@H](O)[C@]2(O)C2O[C@H](CO)[C@H](O)[C@H](O)[C@H]2O)[C@H](O)[C@@H](O)[C@H]1O. The summed E-state index contributed by atoms with van der Waals surface area (Å²) in [7, 11) is 0. The van der Waals surface area contributed by atoms with Crippen molar-refractivity contribution in [3.05, 3.63) is 0 Å². The number of ether oxygens (including phenoxy) is 3. The standard InChI is InChI=1S/C18H32O15/c19-1-4-7(22)10(25)12(27)14(31-4)17-18(30,15(29)9(24)6(3-21)33-17)16-13(28)11(26)8(23)5(2-20)32-16/h4-17,19-30H,1-3H2/t4-,5-,6-,7+,8+,9-,10+,11+,12-,13-,14?,15+,16?,17?,18+/m1/s1. The zero-order chi connectivity index (χ0) is 24.8. The van der Waals surface area contributed by atoms with Gasteiger partial charge in [0.1, 0.15) is 85.5 Å². The van der Waals surface area contributed by atoms with E-state index < -0.39 is 111 Å². The van der Waals surface area contributed by atoms with E-state index in [1.807, 2.05) is 0 Å². The van der Waals surface area contributed by atoms with Crippen LogP contribution in [0.15, 0.2) is 0 Å². The predicted octanol–water partition coefficient (Wildman–Crippen LogP) is -8.12. The van der Waals surface area contributed by atoms with Gasteiger partial charge in [0, 0.05) is 0 Å². The first-order valence-corrected chi connectivity index (χ1v) is 10.4. The second-order valence-corrected chi connectivity index (χ2v) is 8.64. The fourth-order valence-corrected chi connectivity index (χ4v) is 4.71. The van der Waals surface area contributed by atoms with Crippen LogP contribution in [0.25, 0.3) is 0 Å². The van der Waals surface area contributed by atoms with Crippen molar-refractivity contribution >= 4 is 0 Å². The van der Waals surface area contributed by atoms with E-state index >= 15 is 0 Å². The normalized spacial score (nSPS) is 56.0. The monoisotopic (exact) mass is 488 g/mol. The first-order valence-electron chi connectivity index (χ1n) is 10.4. The lowest BCUT2D eigenvalue weighted by atomic mass is 9.71. The van der Waals surface area contributed by atoms with Gasteiger partial charge in [-0.15, -0.1) is 0 Å². The highest BCUT2D eigenvalue weighted by Crippen LogP contribution is 2.42. The van der Waals surface area contributed by atoms with Gasteiger partial charge in [-0.25, -0.2) is 0 Å². The van der Waals surface area contributed by atoms with Crippen molar-refractivity contribution in [2.75, 3.05) is 19.8 Å². The molecule has 0 bridgehead atoms. The van der Waals surface area contributed by atoms with Gasteiger partial charge in [0.25, 0.3) is 0 Å².